The van der Waals surface area contributed by atoms with Gasteiger partial charge >= 0.3 is 6.09 Å². The molecule has 0 bridgehead atoms. The molecular weight excluding hydrogens is 422 g/mol. The van der Waals surface area contributed by atoms with Crippen LogP contribution in [-0.4, -0.2) is 37.2 Å². The van der Waals surface area contributed by atoms with Crippen LogP contribution in [0.15, 0.2) is 48.5 Å². The van der Waals surface area contributed by atoms with Crippen molar-refractivity contribution in [2.45, 2.75) is 52.2 Å². The van der Waals surface area contributed by atoms with E-state index in [1.54, 1.807) is 33.9 Å². The van der Waals surface area contributed by atoms with Gasteiger partial charge in [-0.2, -0.15) is 0 Å². The molecule has 178 valence electrons. The Labute approximate surface area is 195 Å². The van der Waals surface area contributed by atoms with Gasteiger partial charge in [0.1, 0.15) is 11.4 Å². The first kappa shape index (κ1) is 25.7. The number of carbonyl (C=O) groups is 3. The van der Waals surface area contributed by atoms with Gasteiger partial charge in [-0.05, 0) is 62.6 Å². The maximum Gasteiger partial charge on any atom is 0.407 e. The molecule has 0 atom stereocenters. The molecule has 0 aliphatic carbocycles. The van der Waals surface area contributed by atoms with Crippen molar-refractivity contribution in [3.63, 3.8) is 0 Å². The summed E-state index contributed by atoms with van der Waals surface area (Å²) in [6.45, 7) is 5.83. The number of amides is 3. The minimum Gasteiger partial charge on any atom is -0.497 e. The normalized spacial score (nSPS) is 10.8. The molecule has 0 radical (unpaired) electrons. The van der Waals surface area contributed by atoms with E-state index in [1.807, 2.05) is 42.5 Å². The lowest BCUT2D eigenvalue weighted by atomic mass is 10.1. The van der Waals surface area contributed by atoms with Crippen LogP contribution in [0.25, 0.3) is 0 Å². The van der Waals surface area contributed by atoms with Gasteiger partial charge in [-0.15, -0.1) is 0 Å². The van der Waals surface area contributed by atoms with Crippen molar-refractivity contribution in [3.05, 3.63) is 59.7 Å². The van der Waals surface area contributed by atoms with Gasteiger partial charge in [0.05, 0.1) is 7.11 Å². The van der Waals surface area contributed by atoms with Crippen molar-refractivity contribution < 1.29 is 23.9 Å². The molecule has 3 amide bonds. The number of aryl methyl sites for hydroxylation is 1. The molecule has 8 heteroatoms. The predicted octanol–water partition coefficient (Wildman–Crippen LogP) is 3.80. The monoisotopic (exact) mass is 455 g/mol. The summed E-state index contributed by atoms with van der Waals surface area (Å²) in [5.74, 6) is 0.481. The third-order valence-electron chi connectivity index (χ3n) is 4.50. The quantitative estimate of drug-likeness (QED) is 0.505. The highest BCUT2D eigenvalue weighted by molar-refractivity contribution is 5.90. The Morgan fingerprint density at radius 1 is 0.879 bits per heavy atom. The maximum atomic E-state index is 12.3. The van der Waals surface area contributed by atoms with Crippen LogP contribution in [0, 0.1) is 0 Å². The van der Waals surface area contributed by atoms with Crippen LogP contribution < -0.4 is 20.7 Å². The Kier molecular flexibility index (Phi) is 9.72. The Bertz CT molecular complexity index is 953. The second-order valence-corrected chi connectivity index (χ2v) is 8.56. The molecule has 0 fully saturated rings. The molecule has 3 N–H and O–H groups in total. The number of methoxy groups -OCH3 is 1. The Balaban J connectivity index is 1.73. The van der Waals surface area contributed by atoms with E-state index in [0.717, 1.165) is 16.9 Å². The van der Waals surface area contributed by atoms with Gasteiger partial charge in [0, 0.05) is 31.6 Å². The van der Waals surface area contributed by atoms with Crippen LogP contribution in [0.1, 0.15) is 44.7 Å². The van der Waals surface area contributed by atoms with Crippen molar-refractivity contribution in [1.82, 2.24) is 10.6 Å². The van der Waals surface area contributed by atoms with Gasteiger partial charge in [-0.1, -0.05) is 24.3 Å². The van der Waals surface area contributed by atoms with Crippen LogP contribution in [0.3, 0.4) is 0 Å². The summed E-state index contributed by atoms with van der Waals surface area (Å²) >= 11 is 0. The van der Waals surface area contributed by atoms with E-state index in [9.17, 15) is 14.4 Å². The average molecular weight is 456 g/mol. The number of rotatable bonds is 10. The largest absolute Gasteiger partial charge is 0.497 e. The van der Waals surface area contributed by atoms with E-state index in [-0.39, 0.29) is 24.8 Å². The zero-order valence-corrected chi connectivity index (χ0v) is 19.7. The van der Waals surface area contributed by atoms with Gasteiger partial charge in [-0.25, -0.2) is 4.79 Å². The Morgan fingerprint density at radius 2 is 1.61 bits per heavy atom. The standard InChI is InChI=1S/C25H33N3O5/c1-25(2,3)33-24(31)26-14-13-22(29)27-17-19-8-5-9-20(15-19)28-23(30)12-11-18-7-6-10-21(16-18)32-4/h5-10,15-16H,11-14,17H2,1-4H3,(H,26,31)(H,27,29)(H,28,30). The Hall–Kier alpha value is -3.55. The summed E-state index contributed by atoms with van der Waals surface area (Å²) in [6.07, 6.45) is 0.541. The highest BCUT2D eigenvalue weighted by Gasteiger charge is 2.15. The molecule has 0 aromatic heterocycles. The van der Waals surface area contributed by atoms with E-state index >= 15 is 0 Å². The molecule has 2 aromatic carbocycles. The molecule has 2 aromatic rings. The molecule has 0 spiro atoms. The fourth-order valence-electron chi connectivity index (χ4n) is 2.95. The number of ether oxygens (including phenoxy) is 2. The molecule has 0 aliphatic heterocycles. The van der Waals surface area contributed by atoms with Crippen molar-refractivity contribution >= 4 is 23.6 Å². The lowest BCUT2D eigenvalue weighted by molar-refractivity contribution is -0.121. The molecule has 0 saturated heterocycles. The maximum absolute atomic E-state index is 12.3. The molecule has 8 nitrogen and oxygen atoms in total. The molecular formula is C25H33N3O5. The minimum absolute atomic E-state index is 0.0905. The van der Waals surface area contributed by atoms with Crippen molar-refractivity contribution in [1.29, 1.82) is 0 Å². The fourth-order valence-corrected chi connectivity index (χ4v) is 2.95. The highest BCUT2D eigenvalue weighted by atomic mass is 16.6. The molecule has 0 heterocycles. The number of benzene rings is 2. The smallest absolute Gasteiger partial charge is 0.407 e. The van der Waals surface area contributed by atoms with Crippen LogP contribution in [0.5, 0.6) is 5.75 Å². The van der Waals surface area contributed by atoms with Gasteiger partial charge in [-0.3, -0.25) is 9.59 Å². The van der Waals surface area contributed by atoms with Crippen LogP contribution >= 0.6 is 0 Å². The van der Waals surface area contributed by atoms with E-state index in [4.69, 9.17) is 9.47 Å². The van der Waals surface area contributed by atoms with Crippen molar-refractivity contribution in [3.8, 4) is 5.75 Å². The molecule has 2 rings (SSSR count). The lowest BCUT2D eigenvalue weighted by Crippen LogP contribution is -2.35. The number of anilines is 1. The van der Waals surface area contributed by atoms with Crippen molar-refractivity contribution in [2.24, 2.45) is 0 Å². The van der Waals surface area contributed by atoms with E-state index in [0.29, 0.717) is 25.1 Å². The fraction of sp³-hybridized carbons (Fsp3) is 0.400. The summed E-state index contributed by atoms with van der Waals surface area (Å²) in [5.41, 5.74) is 1.97. The molecule has 0 unspecified atom stereocenters. The predicted molar refractivity (Wildman–Crippen MR) is 127 cm³/mol. The summed E-state index contributed by atoms with van der Waals surface area (Å²) < 4.78 is 10.3. The zero-order valence-electron chi connectivity index (χ0n) is 19.7. The average Bonchev–Trinajstić information content (AvgIpc) is 2.75. The lowest BCUT2D eigenvalue weighted by Gasteiger charge is -2.19. The van der Waals surface area contributed by atoms with Gasteiger partial charge in [0.25, 0.3) is 0 Å². The molecule has 0 saturated carbocycles. The highest BCUT2D eigenvalue weighted by Crippen LogP contribution is 2.15. The third kappa shape index (κ3) is 10.5. The topological polar surface area (TPSA) is 106 Å². The molecule has 0 aliphatic rings. The summed E-state index contributed by atoms with van der Waals surface area (Å²) in [7, 11) is 1.61. The first-order valence-electron chi connectivity index (χ1n) is 10.9. The number of carbonyl (C=O) groups excluding carboxylic acids is 3. The summed E-state index contributed by atoms with van der Waals surface area (Å²) in [4.78, 5) is 35.9. The van der Waals surface area contributed by atoms with E-state index in [1.165, 1.54) is 0 Å². The first-order valence-corrected chi connectivity index (χ1v) is 10.9. The number of alkyl carbamates (subject to hydrolysis) is 1. The minimum atomic E-state index is -0.581. The van der Waals surface area contributed by atoms with Crippen LogP contribution in [-0.2, 0) is 27.3 Å². The number of nitrogens with one attached hydrogen (secondary N) is 3. The number of hydrogen-bond acceptors (Lipinski definition) is 5. The molecule has 33 heavy (non-hydrogen) atoms. The Morgan fingerprint density at radius 3 is 2.33 bits per heavy atom. The van der Waals surface area contributed by atoms with E-state index in [2.05, 4.69) is 16.0 Å². The van der Waals surface area contributed by atoms with Gasteiger partial charge in [0.15, 0.2) is 0 Å². The zero-order chi connectivity index (χ0) is 24.3. The van der Waals surface area contributed by atoms with Crippen LogP contribution in [0.4, 0.5) is 10.5 Å². The SMILES string of the molecule is COc1cccc(CCC(=O)Nc2cccc(CNC(=O)CCNC(=O)OC(C)(C)C)c2)c1. The first-order chi connectivity index (χ1) is 15.6. The number of hydrogen-bond donors (Lipinski definition) is 3. The summed E-state index contributed by atoms with van der Waals surface area (Å²) in [5, 5.41) is 8.25. The third-order valence-corrected chi connectivity index (χ3v) is 4.50. The van der Waals surface area contributed by atoms with Crippen molar-refractivity contribution in [2.75, 3.05) is 19.0 Å². The second kappa shape index (κ2) is 12.5. The van der Waals surface area contributed by atoms with Gasteiger partial charge < -0.3 is 25.4 Å². The second-order valence-electron chi connectivity index (χ2n) is 8.56. The van der Waals surface area contributed by atoms with E-state index < -0.39 is 11.7 Å². The summed E-state index contributed by atoms with van der Waals surface area (Å²) in [6, 6.07) is 15.0. The van der Waals surface area contributed by atoms with Gasteiger partial charge in [0.2, 0.25) is 11.8 Å². The van der Waals surface area contributed by atoms with Crippen LogP contribution in [0.2, 0.25) is 0 Å².